The average Bonchev–Trinajstić information content (AvgIpc) is 3.23. The van der Waals surface area contributed by atoms with E-state index in [9.17, 15) is 5.11 Å². The summed E-state index contributed by atoms with van der Waals surface area (Å²) in [5.41, 5.74) is 2.43. The molecule has 2 fully saturated rings. The van der Waals surface area contributed by atoms with Crippen LogP contribution in [0.25, 0.3) is 0 Å². The minimum atomic E-state index is -1.55. The van der Waals surface area contributed by atoms with E-state index in [-0.39, 0.29) is 11.5 Å². The van der Waals surface area contributed by atoms with Crippen molar-refractivity contribution >= 4 is 0 Å². The van der Waals surface area contributed by atoms with Crippen molar-refractivity contribution in [1.82, 2.24) is 4.90 Å². The molecule has 0 spiro atoms. The molecule has 1 saturated carbocycles. The molecular formula is C18H25NO. The Morgan fingerprint density at radius 3 is 3.05 bits per heavy atom. The van der Waals surface area contributed by atoms with Crippen LogP contribution in [0.3, 0.4) is 0 Å². The Labute approximate surface area is 126 Å². The molecular weight excluding hydrogens is 246 g/mol. The Morgan fingerprint density at radius 2 is 2.30 bits per heavy atom. The second-order valence-electron chi connectivity index (χ2n) is 6.98. The smallest absolute Gasteiger partial charge is 0.115 e. The number of benzene rings is 1. The minimum absolute atomic E-state index is 0.0255. The largest absolute Gasteiger partial charge is 0.508 e. The highest BCUT2D eigenvalue weighted by Crippen LogP contribution is 2.49. The summed E-state index contributed by atoms with van der Waals surface area (Å²) in [5.74, 6) is -0.296. The van der Waals surface area contributed by atoms with E-state index in [1.807, 2.05) is 17.0 Å². The van der Waals surface area contributed by atoms with Crippen molar-refractivity contribution in [2.75, 3.05) is 13.0 Å². The summed E-state index contributed by atoms with van der Waals surface area (Å²) in [6.07, 6.45) is 3.01. The first-order valence-corrected chi connectivity index (χ1v) is 7.78. The molecule has 1 N–H and O–H groups in total. The Hall–Kier alpha value is -1.02. The van der Waals surface area contributed by atoms with E-state index in [2.05, 4.69) is 13.8 Å². The molecule has 2 nitrogen and oxygen atoms in total. The summed E-state index contributed by atoms with van der Waals surface area (Å²) in [4.78, 5) is 1.98. The summed E-state index contributed by atoms with van der Waals surface area (Å²) >= 11 is 0. The number of rotatable bonds is 2. The number of hydrogen-bond donors (Lipinski definition) is 1. The fourth-order valence-electron chi connectivity index (χ4n) is 4.12. The van der Waals surface area contributed by atoms with Gasteiger partial charge in [-0.3, -0.25) is 4.90 Å². The average molecular weight is 274 g/mol. The van der Waals surface area contributed by atoms with Crippen LogP contribution in [0.15, 0.2) is 18.2 Å². The van der Waals surface area contributed by atoms with E-state index in [4.69, 9.17) is 4.11 Å². The third kappa shape index (κ3) is 1.81. The summed E-state index contributed by atoms with van der Waals surface area (Å²) in [5, 5.41) is 9.89. The van der Waals surface area contributed by atoms with Crippen LogP contribution in [0.5, 0.6) is 5.75 Å². The summed E-state index contributed by atoms with van der Waals surface area (Å²) in [7, 11) is 0. The van der Waals surface area contributed by atoms with Crippen LogP contribution < -0.4 is 0 Å². The number of phenols is 1. The summed E-state index contributed by atoms with van der Waals surface area (Å²) in [6.45, 7) is 3.60. The number of phenolic OH excluding ortho intramolecular Hbond substituents is 1. The Balaban J connectivity index is 1.76. The maximum atomic E-state index is 9.89. The highest BCUT2D eigenvalue weighted by atomic mass is 16.3. The lowest BCUT2D eigenvalue weighted by Gasteiger charge is -2.54. The quantitative estimate of drug-likeness (QED) is 0.894. The van der Waals surface area contributed by atoms with Gasteiger partial charge in [0, 0.05) is 16.7 Å². The number of nitrogens with zero attached hydrogens (tertiary/aromatic N) is 1. The molecule has 108 valence electrons. The second-order valence-corrected chi connectivity index (χ2v) is 6.98. The Morgan fingerprint density at radius 1 is 1.50 bits per heavy atom. The maximum absolute atomic E-state index is 9.89. The lowest BCUT2D eigenvalue weighted by atomic mass is 9.59. The molecule has 1 saturated heterocycles. The van der Waals surface area contributed by atoms with Crippen LogP contribution in [0, 0.1) is 11.8 Å². The van der Waals surface area contributed by atoms with Crippen molar-refractivity contribution in [3.05, 3.63) is 29.3 Å². The number of likely N-dealkylation sites (tertiary alicyclic amines) is 1. The van der Waals surface area contributed by atoms with Crippen molar-refractivity contribution in [2.24, 2.45) is 11.8 Å². The van der Waals surface area contributed by atoms with Gasteiger partial charge in [0.25, 0.3) is 0 Å². The fraction of sp³-hybridized carbons (Fsp3) is 0.667. The Kier molecular flexibility index (Phi) is 2.08. The SMILES string of the molecule is [2H]C1(C([2H])([2H])N2CC[C@]3(C)c4cc(O)ccc4C[C@@H]2C3C)CC1. The van der Waals surface area contributed by atoms with E-state index in [0.29, 0.717) is 31.1 Å². The number of hydrogen-bond acceptors (Lipinski definition) is 2. The van der Waals surface area contributed by atoms with Gasteiger partial charge < -0.3 is 5.11 Å². The second kappa shape index (κ2) is 4.24. The third-order valence-electron chi connectivity index (χ3n) is 5.79. The molecule has 2 aliphatic carbocycles. The van der Waals surface area contributed by atoms with E-state index in [0.717, 1.165) is 12.8 Å². The van der Waals surface area contributed by atoms with Gasteiger partial charge in [0.1, 0.15) is 5.75 Å². The van der Waals surface area contributed by atoms with Crippen molar-refractivity contribution < 1.29 is 9.22 Å². The first kappa shape index (κ1) is 9.83. The van der Waals surface area contributed by atoms with Gasteiger partial charge in [-0.05, 0) is 72.7 Å². The number of aromatic hydroxyl groups is 1. The maximum Gasteiger partial charge on any atom is 0.115 e. The first-order chi connectivity index (χ1) is 10.7. The molecule has 1 aliphatic heterocycles. The van der Waals surface area contributed by atoms with Gasteiger partial charge >= 0.3 is 0 Å². The van der Waals surface area contributed by atoms with Crippen LogP contribution in [-0.4, -0.2) is 29.1 Å². The molecule has 4 rings (SSSR count). The monoisotopic (exact) mass is 274 g/mol. The molecule has 0 aromatic heterocycles. The summed E-state index contributed by atoms with van der Waals surface area (Å²) < 4.78 is 25.5. The molecule has 1 aromatic carbocycles. The molecule has 2 heteroatoms. The van der Waals surface area contributed by atoms with Crippen LogP contribution >= 0.6 is 0 Å². The summed E-state index contributed by atoms with van der Waals surface area (Å²) in [6, 6.07) is 5.76. The van der Waals surface area contributed by atoms with Crippen LogP contribution in [-0.2, 0) is 11.8 Å². The van der Waals surface area contributed by atoms with Gasteiger partial charge in [-0.15, -0.1) is 0 Å². The van der Waals surface area contributed by atoms with E-state index in [1.165, 1.54) is 11.1 Å². The van der Waals surface area contributed by atoms with Gasteiger partial charge in [0.15, 0.2) is 0 Å². The Bertz CT molecular complexity index is 658. The molecule has 3 atom stereocenters. The zero-order valence-corrected chi connectivity index (χ0v) is 12.3. The zero-order chi connectivity index (χ0) is 16.6. The van der Waals surface area contributed by atoms with Gasteiger partial charge in [-0.25, -0.2) is 0 Å². The molecule has 2 bridgehead atoms. The normalized spacial score (nSPS) is 41.2. The van der Waals surface area contributed by atoms with E-state index >= 15 is 0 Å². The fourth-order valence-corrected chi connectivity index (χ4v) is 4.12. The topological polar surface area (TPSA) is 23.5 Å². The van der Waals surface area contributed by atoms with Crippen LogP contribution in [0.2, 0.25) is 0 Å². The highest BCUT2D eigenvalue weighted by Gasteiger charge is 2.48. The molecule has 1 unspecified atom stereocenters. The first-order valence-electron chi connectivity index (χ1n) is 9.28. The molecule has 0 amide bonds. The molecule has 20 heavy (non-hydrogen) atoms. The molecule has 0 radical (unpaired) electrons. The molecule has 1 heterocycles. The van der Waals surface area contributed by atoms with Crippen LogP contribution in [0.4, 0.5) is 0 Å². The van der Waals surface area contributed by atoms with Gasteiger partial charge in [-0.1, -0.05) is 19.9 Å². The van der Waals surface area contributed by atoms with E-state index < -0.39 is 12.4 Å². The van der Waals surface area contributed by atoms with Crippen molar-refractivity contribution in [2.45, 2.75) is 51.0 Å². The lowest BCUT2D eigenvalue weighted by Crippen LogP contribution is -2.58. The predicted octanol–water partition coefficient (Wildman–Crippen LogP) is 3.33. The molecule has 1 aromatic rings. The van der Waals surface area contributed by atoms with E-state index in [1.54, 1.807) is 6.07 Å². The minimum Gasteiger partial charge on any atom is -0.508 e. The lowest BCUT2D eigenvalue weighted by molar-refractivity contribution is 0.0283. The van der Waals surface area contributed by atoms with Crippen molar-refractivity contribution in [1.29, 1.82) is 0 Å². The van der Waals surface area contributed by atoms with Gasteiger partial charge in [0.05, 0.1) is 0 Å². The molecule has 3 aliphatic rings. The number of piperidine rings is 1. The standard InChI is InChI=1S/C18H25NO/c1-12-17-9-14-5-6-15(20)10-16(14)18(12,2)7-8-19(17)11-13-3-4-13/h5-6,10,12-13,17,20H,3-4,7-9,11H2,1-2H3/t12?,17-,18+/m1/s1/i11D2,13D. The predicted molar refractivity (Wildman–Crippen MR) is 81.0 cm³/mol. The van der Waals surface area contributed by atoms with Gasteiger partial charge in [0.2, 0.25) is 0 Å². The van der Waals surface area contributed by atoms with Crippen molar-refractivity contribution in [3.8, 4) is 5.75 Å². The van der Waals surface area contributed by atoms with Gasteiger partial charge in [-0.2, -0.15) is 0 Å². The zero-order valence-electron chi connectivity index (χ0n) is 15.3. The highest BCUT2D eigenvalue weighted by molar-refractivity contribution is 5.44. The van der Waals surface area contributed by atoms with Crippen molar-refractivity contribution in [3.63, 3.8) is 0 Å². The third-order valence-corrected chi connectivity index (χ3v) is 5.79. The van der Waals surface area contributed by atoms with Crippen LogP contribution in [0.1, 0.15) is 48.3 Å². The number of fused-ring (bicyclic) bond motifs is 4.